The van der Waals surface area contributed by atoms with E-state index in [1.807, 2.05) is 0 Å². The largest absolute Gasteiger partial charge is 0.386 e. The summed E-state index contributed by atoms with van der Waals surface area (Å²) < 4.78 is 5.61. The van der Waals surface area contributed by atoms with Crippen molar-refractivity contribution in [3.05, 3.63) is 38.4 Å². The van der Waals surface area contributed by atoms with Gasteiger partial charge in [0.2, 0.25) is 5.91 Å². The number of aliphatic hydroxyl groups excluding tert-OH is 1. The molecule has 108 valence electrons. The van der Waals surface area contributed by atoms with Crippen LogP contribution < -0.4 is 5.32 Å². The van der Waals surface area contributed by atoms with Crippen LogP contribution in [0.25, 0.3) is 0 Å². The predicted molar refractivity (Wildman–Crippen MR) is 77.0 cm³/mol. The molecule has 2 N–H and O–H groups in total. The number of aliphatic hydroxyl groups is 1. The third-order valence-electron chi connectivity index (χ3n) is 2.93. The van der Waals surface area contributed by atoms with Gasteiger partial charge in [-0.1, -0.05) is 16.8 Å². The number of aryl methyl sites for hydroxylation is 2. The van der Waals surface area contributed by atoms with E-state index in [4.69, 9.17) is 16.1 Å². The Morgan fingerprint density at radius 3 is 2.85 bits per heavy atom. The van der Waals surface area contributed by atoms with E-state index in [0.717, 1.165) is 10.4 Å². The first-order valence-corrected chi connectivity index (χ1v) is 7.28. The van der Waals surface area contributed by atoms with Crippen LogP contribution in [-0.4, -0.2) is 22.7 Å². The van der Waals surface area contributed by atoms with Gasteiger partial charge in [-0.25, -0.2) is 0 Å². The molecule has 0 unspecified atom stereocenters. The summed E-state index contributed by atoms with van der Waals surface area (Å²) in [6, 6.07) is 3.47. The monoisotopic (exact) mass is 314 g/mol. The Bertz CT molecular complexity index is 589. The van der Waals surface area contributed by atoms with E-state index in [-0.39, 0.29) is 18.9 Å². The van der Waals surface area contributed by atoms with Crippen LogP contribution in [0.15, 0.2) is 16.7 Å². The molecule has 0 fully saturated rings. The fraction of sp³-hybridized carbons (Fsp3) is 0.385. The molecule has 0 aliphatic heterocycles. The summed E-state index contributed by atoms with van der Waals surface area (Å²) in [7, 11) is 0. The van der Waals surface area contributed by atoms with Crippen molar-refractivity contribution in [2.24, 2.45) is 0 Å². The van der Waals surface area contributed by atoms with Gasteiger partial charge in [0, 0.05) is 17.0 Å². The smallest absolute Gasteiger partial charge is 0.224 e. The number of hydrogen-bond acceptors (Lipinski definition) is 5. The van der Waals surface area contributed by atoms with Crippen molar-refractivity contribution >= 4 is 28.8 Å². The fourth-order valence-electron chi connectivity index (χ4n) is 1.80. The highest BCUT2D eigenvalue weighted by molar-refractivity contribution is 7.16. The van der Waals surface area contributed by atoms with Gasteiger partial charge in [0.25, 0.3) is 0 Å². The zero-order chi connectivity index (χ0) is 14.7. The highest BCUT2D eigenvalue weighted by Crippen LogP contribution is 2.26. The first kappa shape index (κ1) is 15.0. The number of hydrogen-bond donors (Lipinski definition) is 2. The van der Waals surface area contributed by atoms with Crippen molar-refractivity contribution < 1.29 is 14.4 Å². The van der Waals surface area contributed by atoms with E-state index >= 15 is 0 Å². The zero-order valence-corrected chi connectivity index (χ0v) is 12.7. The van der Waals surface area contributed by atoms with Crippen molar-refractivity contribution in [2.45, 2.75) is 26.4 Å². The molecule has 0 aliphatic carbocycles. The maximum absolute atomic E-state index is 11.8. The first-order valence-electron chi connectivity index (χ1n) is 6.09. The summed E-state index contributed by atoms with van der Waals surface area (Å²) in [5, 5.41) is 16.4. The average Bonchev–Trinajstić information content (AvgIpc) is 2.97. The third-order valence-corrected chi connectivity index (χ3v) is 4.27. The van der Waals surface area contributed by atoms with Crippen LogP contribution in [0.3, 0.4) is 0 Å². The molecule has 5 nitrogen and oxygen atoms in total. The van der Waals surface area contributed by atoms with E-state index in [0.29, 0.717) is 15.8 Å². The van der Waals surface area contributed by atoms with Crippen molar-refractivity contribution in [3.8, 4) is 0 Å². The van der Waals surface area contributed by atoms with Gasteiger partial charge in [-0.05, 0) is 26.0 Å². The lowest BCUT2D eigenvalue weighted by Gasteiger charge is -2.10. The van der Waals surface area contributed by atoms with Gasteiger partial charge in [0.15, 0.2) is 0 Å². The Morgan fingerprint density at radius 1 is 1.55 bits per heavy atom. The predicted octanol–water partition coefficient (Wildman–Crippen LogP) is 2.40. The number of thiophene rings is 1. The highest BCUT2D eigenvalue weighted by Gasteiger charge is 2.15. The Hall–Kier alpha value is -1.37. The maximum atomic E-state index is 11.8. The molecule has 20 heavy (non-hydrogen) atoms. The molecule has 0 saturated heterocycles. The molecule has 0 bridgehead atoms. The van der Waals surface area contributed by atoms with E-state index in [1.165, 1.54) is 11.3 Å². The van der Waals surface area contributed by atoms with Gasteiger partial charge in [0.1, 0.15) is 11.9 Å². The molecule has 2 aromatic rings. The Labute approximate surface area is 125 Å². The standard InChI is InChI=1S/C13H15ClN2O3S/c1-7-9(8(2)19-16-7)5-13(18)15-6-10(17)11-3-4-12(14)20-11/h3-4,10,17H,5-6H2,1-2H3,(H,15,18)/t10-/m1/s1. The van der Waals surface area contributed by atoms with Crippen LogP contribution in [0.4, 0.5) is 0 Å². The molecule has 2 aromatic heterocycles. The summed E-state index contributed by atoms with van der Waals surface area (Å²) in [5.41, 5.74) is 1.50. The number of amides is 1. The lowest BCUT2D eigenvalue weighted by Crippen LogP contribution is -2.29. The van der Waals surface area contributed by atoms with Crippen molar-refractivity contribution in [2.75, 3.05) is 6.54 Å². The molecular formula is C13H15ClN2O3S. The van der Waals surface area contributed by atoms with Crippen molar-refractivity contribution in [1.29, 1.82) is 0 Å². The van der Waals surface area contributed by atoms with Crippen molar-refractivity contribution in [1.82, 2.24) is 10.5 Å². The lowest BCUT2D eigenvalue weighted by atomic mass is 10.1. The minimum Gasteiger partial charge on any atom is -0.386 e. The third kappa shape index (κ3) is 3.59. The van der Waals surface area contributed by atoms with Crippen LogP contribution in [0.2, 0.25) is 4.34 Å². The number of carbonyl (C=O) groups is 1. The summed E-state index contributed by atoms with van der Waals surface area (Å²) in [4.78, 5) is 12.6. The molecule has 2 heterocycles. The Kier molecular flexibility index (Phi) is 4.80. The number of rotatable bonds is 5. The molecule has 1 amide bonds. The second kappa shape index (κ2) is 6.39. The summed E-state index contributed by atoms with van der Waals surface area (Å²) in [6.07, 6.45) is -0.555. The molecule has 0 aromatic carbocycles. The molecule has 0 saturated carbocycles. The summed E-state index contributed by atoms with van der Waals surface area (Å²) >= 11 is 7.10. The second-order valence-corrected chi connectivity index (χ2v) is 6.19. The van der Waals surface area contributed by atoms with Gasteiger partial charge < -0.3 is 14.9 Å². The van der Waals surface area contributed by atoms with Crippen LogP contribution in [0.1, 0.15) is 28.0 Å². The lowest BCUT2D eigenvalue weighted by molar-refractivity contribution is -0.120. The van der Waals surface area contributed by atoms with Crippen LogP contribution in [-0.2, 0) is 11.2 Å². The minimum absolute atomic E-state index is 0.152. The number of nitrogens with one attached hydrogen (secondary N) is 1. The zero-order valence-electron chi connectivity index (χ0n) is 11.1. The van der Waals surface area contributed by atoms with Crippen LogP contribution >= 0.6 is 22.9 Å². The van der Waals surface area contributed by atoms with E-state index < -0.39 is 6.10 Å². The molecule has 7 heteroatoms. The van der Waals surface area contributed by atoms with Crippen molar-refractivity contribution in [3.63, 3.8) is 0 Å². The number of carbonyl (C=O) groups excluding carboxylic acids is 1. The molecule has 0 spiro atoms. The van der Waals surface area contributed by atoms with E-state index in [9.17, 15) is 9.90 Å². The number of halogens is 1. The molecular weight excluding hydrogens is 300 g/mol. The first-order chi connectivity index (χ1) is 9.47. The second-order valence-electron chi connectivity index (χ2n) is 4.44. The van der Waals surface area contributed by atoms with Gasteiger partial charge in [0.05, 0.1) is 16.5 Å². The highest BCUT2D eigenvalue weighted by atomic mass is 35.5. The minimum atomic E-state index is -0.749. The Balaban J connectivity index is 1.86. The average molecular weight is 315 g/mol. The number of aromatic nitrogens is 1. The normalized spacial score (nSPS) is 12.4. The molecule has 0 radical (unpaired) electrons. The van der Waals surface area contributed by atoms with E-state index in [1.54, 1.807) is 26.0 Å². The van der Waals surface area contributed by atoms with Gasteiger partial charge >= 0.3 is 0 Å². The number of nitrogens with zero attached hydrogens (tertiary/aromatic N) is 1. The van der Waals surface area contributed by atoms with Crippen LogP contribution in [0.5, 0.6) is 0 Å². The summed E-state index contributed by atoms with van der Waals surface area (Å²) in [5.74, 6) is 0.462. The van der Waals surface area contributed by atoms with Gasteiger partial charge in [-0.15, -0.1) is 11.3 Å². The quantitative estimate of drug-likeness (QED) is 0.888. The maximum Gasteiger partial charge on any atom is 0.224 e. The molecule has 1 atom stereocenters. The Morgan fingerprint density at radius 2 is 2.30 bits per heavy atom. The SMILES string of the molecule is Cc1noc(C)c1CC(=O)NC[C@@H](O)c1ccc(Cl)s1. The van der Waals surface area contributed by atoms with Gasteiger partial charge in [-0.2, -0.15) is 0 Å². The molecule has 2 rings (SSSR count). The fourth-order valence-corrected chi connectivity index (χ4v) is 2.84. The van der Waals surface area contributed by atoms with Gasteiger partial charge in [-0.3, -0.25) is 4.79 Å². The molecule has 0 aliphatic rings. The van der Waals surface area contributed by atoms with Crippen LogP contribution in [0, 0.1) is 13.8 Å². The van der Waals surface area contributed by atoms with E-state index in [2.05, 4.69) is 10.5 Å². The topological polar surface area (TPSA) is 75.4 Å². The summed E-state index contributed by atoms with van der Waals surface area (Å²) in [6.45, 7) is 3.71.